The van der Waals surface area contributed by atoms with Crippen LogP contribution in [0, 0.1) is 6.54 Å². The van der Waals surface area contributed by atoms with Crippen molar-refractivity contribution in [2.24, 2.45) is 0 Å². The van der Waals surface area contributed by atoms with E-state index in [2.05, 4.69) is 5.32 Å². The zero-order valence-corrected chi connectivity index (χ0v) is 4.00. The summed E-state index contributed by atoms with van der Waals surface area (Å²) in [7, 11) is 0. The fraction of sp³-hybridized carbons (Fsp3) is 0.250. The molecule has 0 fully saturated rings. The summed E-state index contributed by atoms with van der Waals surface area (Å²) in [4.78, 5) is 0. The van der Waals surface area contributed by atoms with Gasteiger partial charge in [0.05, 0.1) is 6.54 Å². The highest BCUT2D eigenvalue weighted by atomic mass is 35.5. The lowest BCUT2D eigenvalue weighted by Crippen LogP contribution is -2.00. The monoisotopic (exact) mass is 102 g/mol. The average molecular weight is 103 g/mol. The molecule has 0 saturated carbocycles. The summed E-state index contributed by atoms with van der Waals surface area (Å²) in [6, 6.07) is 0. The van der Waals surface area contributed by atoms with Crippen LogP contribution in [0.15, 0.2) is 11.1 Å². The Morgan fingerprint density at radius 3 is 2.83 bits per heavy atom. The highest BCUT2D eigenvalue weighted by Crippen LogP contribution is 2.05. The van der Waals surface area contributed by atoms with Crippen LogP contribution in [-0.2, 0) is 0 Å². The fourth-order valence-electron chi connectivity index (χ4n) is 0.372. The van der Waals surface area contributed by atoms with E-state index in [1.165, 1.54) is 0 Å². The molecule has 0 amide bonds. The molecule has 1 aliphatic rings. The van der Waals surface area contributed by atoms with Gasteiger partial charge in [-0.1, -0.05) is 17.7 Å². The molecule has 0 aromatic carbocycles. The second-order valence-corrected chi connectivity index (χ2v) is 1.58. The van der Waals surface area contributed by atoms with Gasteiger partial charge in [-0.15, -0.1) is 0 Å². The van der Waals surface area contributed by atoms with Crippen molar-refractivity contribution in [3.05, 3.63) is 17.7 Å². The summed E-state index contributed by atoms with van der Waals surface area (Å²) in [5.74, 6) is 0. The topological polar surface area (TPSA) is 12.0 Å². The van der Waals surface area contributed by atoms with E-state index in [0.29, 0.717) is 0 Å². The van der Waals surface area contributed by atoms with Crippen LogP contribution in [0.4, 0.5) is 0 Å². The predicted molar refractivity (Wildman–Crippen MR) is 26.2 cm³/mol. The lowest BCUT2D eigenvalue weighted by atomic mass is 10.6. The van der Waals surface area contributed by atoms with Crippen molar-refractivity contribution in [1.29, 1.82) is 0 Å². The zero-order chi connectivity index (χ0) is 4.41. The molecule has 1 aliphatic heterocycles. The number of nitrogens with one attached hydrogen (secondary N) is 1. The lowest BCUT2D eigenvalue weighted by molar-refractivity contribution is 0.975. The van der Waals surface area contributed by atoms with Crippen molar-refractivity contribution >= 4 is 11.6 Å². The van der Waals surface area contributed by atoms with Gasteiger partial charge in [-0.25, -0.2) is 0 Å². The Morgan fingerprint density at radius 2 is 2.67 bits per heavy atom. The van der Waals surface area contributed by atoms with Gasteiger partial charge in [0, 0.05) is 11.6 Å². The van der Waals surface area contributed by atoms with Crippen LogP contribution in [0.3, 0.4) is 0 Å². The van der Waals surface area contributed by atoms with Crippen molar-refractivity contribution in [3.63, 3.8) is 0 Å². The van der Waals surface area contributed by atoms with Crippen molar-refractivity contribution in [2.75, 3.05) is 6.54 Å². The van der Waals surface area contributed by atoms with E-state index in [-0.39, 0.29) is 0 Å². The number of rotatable bonds is 0. The Kier molecular flexibility index (Phi) is 1.13. The summed E-state index contributed by atoms with van der Waals surface area (Å²) < 4.78 is 0. The van der Waals surface area contributed by atoms with Gasteiger partial charge in [0.25, 0.3) is 0 Å². The van der Waals surface area contributed by atoms with E-state index in [9.17, 15) is 0 Å². The first-order valence-corrected chi connectivity index (χ1v) is 2.19. The Bertz CT molecular complexity index is 77.6. The molecule has 0 aliphatic carbocycles. The first kappa shape index (κ1) is 4.16. The van der Waals surface area contributed by atoms with Gasteiger partial charge in [0.1, 0.15) is 0 Å². The van der Waals surface area contributed by atoms with Crippen molar-refractivity contribution < 1.29 is 0 Å². The van der Waals surface area contributed by atoms with Crippen molar-refractivity contribution in [1.82, 2.24) is 5.32 Å². The Labute approximate surface area is 42.0 Å². The van der Waals surface area contributed by atoms with Gasteiger partial charge in [0.2, 0.25) is 0 Å². The number of hydrogen-bond donors (Lipinski definition) is 1. The SMILES string of the molecule is ClC1=CCN[CH]1. The summed E-state index contributed by atoms with van der Waals surface area (Å²) in [6.07, 6.45) is 1.92. The number of halogens is 1. The van der Waals surface area contributed by atoms with Crippen LogP contribution in [-0.4, -0.2) is 6.54 Å². The highest BCUT2D eigenvalue weighted by molar-refractivity contribution is 6.30. The van der Waals surface area contributed by atoms with E-state index >= 15 is 0 Å². The summed E-state index contributed by atoms with van der Waals surface area (Å²) in [5, 5.41) is 3.74. The smallest absolute Gasteiger partial charge is 0.0635 e. The fourth-order valence-corrected chi connectivity index (χ4v) is 0.526. The van der Waals surface area contributed by atoms with Crippen LogP contribution in [0.25, 0.3) is 0 Å². The highest BCUT2D eigenvalue weighted by Gasteiger charge is 1.96. The molecule has 1 radical (unpaired) electrons. The lowest BCUT2D eigenvalue weighted by Gasteiger charge is -1.80. The molecule has 1 rings (SSSR count). The largest absolute Gasteiger partial charge is 0.304 e. The van der Waals surface area contributed by atoms with E-state index in [0.717, 1.165) is 11.6 Å². The van der Waals surface area contributed by atoms with Crippen LogP contribution in [0.5, 0.6) is 0 Å². The Hall–Kier alpha value is -0.0100. The average Bonchev–Trinajstić information content (AvgIpc) is 1.86. The molecule has 0 atom stereocenters. The molecule has 6 heavy (non-hydrogen) atoms. The van der Waals surface area contributed by atoms with Gasteiger partial charge >= 0.3 is 0 Å². The summed E-state index contributed by atoms with van der Waals surface area (Å²) >= 11 is 5.46. The third kappa shape index (κ3) is 0.730. The minimum Gasteiger partial charge on any atom is -0.304 e. The molecule has 1 N–H and O–H groups in total. The second-order valence-electron chi connectivity index (χ2n) is 1.14. The van der Waals surface area contributed by atoms with Gasteiger partial charge in [0.15, 0.2) is 0 Å². The Balaban J connectivity index is 2.45. The predicted octanol–water partition coefficient (Wildman–Crippen LogP) is 0.874. The molecule has 0 aromatic heterocycles. The summed E-state index contributed by atoms with van der Waals surface area (Å²) in [6.45, 7) is 2.67. The van der Waals surface area contributed by atoms with Crippen LogP contribution >= 0.6 is 11.6 Å². The normalized spacial score (nSPS) is 21.2. The zero-order valence-electron chi connectivity index (χ0n) is 3.24. The van der Waals surface area contributed by atoms with Crippen LogP contribution < -0.4 is 5.32 Å². The van der Waals surface area contributed by atoms with E-state index in [1.54, 1.807) is 6.54 Å². The maximum absolute atomic E-state index is 5.46. The standard InChI is InChI=1S/C4H5ClN/c5-4-1-2-6-3-4/h1,3,6H,2H2. The molecular formula is C4H5ClN. The molecule has 1 nitrogen and oxygen atoms in total. The third-order valence-corrected chi connectivity index (χ3v) is 0.918. The molecule has 0 aromatic rings. The van der Waals surface area contributed by atoms with Crippen LogP contribution in [0.1, 0.15) is 0 Å². The van der Waals surface area contributed by atoms with Gasteiger partial charge in [-0.05, 0) is 0 Å². The maximum Gasteiger partial charge on any atom is 0.0635 e. The van der Waals surface area contributed by atoms with E-state index < -0.39 is 0 Å². The minimum absolute atomic E-state index is 0.815. The molecule has 0 unspecified atom stereocenters. The van der Waals surface area contributed by atoms with E-state index in [1.807, 2.05) is 6.08 Å². The second kappa shape index (κ2) is 1.63. The summed E-state index contributed by atoms with van der Waals surface area (Å²) in [5.41, 5.74) is 0. The molecule has 0 bridgehead atoms. The van der Waals surface area contributed by atoms with Crippen LogP contribution in [0.2, 0.25) is 0 Å². The van der Waals surface area contributed by atoms with Gasteiger partial charge in [-0.2, -0.15) is 0 Å². The van der Waals surface area contributed by atoms with Crippen molar-refractivity contribution in [2.45, 2.75) is 0 Å². The molecule has 33 valence electrons. The third-order valence-electron chi connectivity index (χ3n) is 0.655. The molecule has 0 saturated heterocycles. The van der Waals surface area contributed by atoms with Gasteiger partial charge < -0.3 is 5.32 Å². The number of hydrogen-bond acceptors (Lipinski definition) is 1. The minimum atomic E-state index is 0.815. The molecule has 1 heterocycles. The molecule has 2 heteroatoms. The molecule has 0 spiro atoms. The van der Waals surface area contributed by atoms with E-state index in [4.69, 9.17) is 11.6 Å². The first-order chi connectivity index (χ1) is 2.89. The molecular weight excluding hydrogens is 97.5 g/mol. The van der Waals surface area contributed by atoms with Gasteiger partial charge in [-0.3, -0.25) is 0 Å². The quantitative estimate of drug-likeness (QED) is 0.479. The first-order valence-electron chi connectivity index (χ1n) is 1.82. The Morgan fingerprint density at radius 1 is 1.83 bits per heavy atom. The maximum atomic E-state index is 5.46. The van der Waals surface area contributed by atoms with Crippen molar-refractivity contribution in [3.8, 4) is 0 Å².